The molecule has 130 valence electrons. The Bertz CT molecular complexity index is 603. The Balaban J connectivity index is 1.58. The van der Waals surface area contributed by atoms with E-state index < -0.39 is 6.04 Å². The molecule has 1 atom stereocenters. The van der Waals surface area contributed by atoms with E-state index in [4.69, 9.17) is 0 Å². The Hall–Kier alpha value is -2.04. The Labute approximate surface area is 143 Å². The smallest absolute Gasteiger partial charge is 0.315 e. The van der Waals surface area contributed by atoms with Gasteiger partial charge in [-0.25, -0.2) is 4.79 Å². The van der Waals surface area contributed by atoms with Crippen LogP contribution in [0.15, 0.2) is 18.2 Å². The molecule has 1 saturated carbocycles. The molecule has 0 unspecified atom stereocenters. The second-order valence-electron chi connectivity index (χ2n) is 7.13. The van der Waals surface area contributed by atoms with Crippen molar-refractivity contribution in [1.82, 2.24) is 10.6 Å². The van der Waals surface area contributed by atoms with Crippen LogP contribution in [0.3, 0.4) is 0 Å². The number of carbonyl (C=O) groups excluding carboxylic acids is 2. The molecule has 3 amide bonds. The molecule has 5 nitrogen and oxygen atoms in total. The minimum absolute atomic E-state index is 0.0150. The van der Waals surface area contributed by atoms with Crippen LogP contribution in [-0.2, 0) is 4.79 Å². The van der Waals surface area contributed by atoms with Gasteiger partial charge in [-0.15, -0.1) is 0 Å². The first-order valence-corrected chi connectivity index (χ1v) is 8.99. The highest BCUT2D eigenvalue weighted by molar-refractivity contribution is 6.01. The van der Waals surface area contributed by atoms with Gasteiger partial charge in [0.2, 0.25) is 5.91 Å². The zero-order chi connectivity index (χ0) is 17.1. The number of urea groups is 1. The molecule has 3 rings (SSSR count). The molecule has 1 aromatic carbocycles. The van der Waals surface area contributed by atoms with Crippen LogP contribution in [0.2, 0.25) is 0 Å². The van der Waals surface area contributed by atoms with Gasteiger partial charge in [0, 0.05) is 18.3 Å². The second-order valence-corrected chi connectivity index (χ2v) is 7.13. The van der Waals surface area contributed by atoms with Crippen LogP contribution in [0.1, 0.15) is 49.7 Å². The third kappa shape index (κ3) is 3.89. The van der Waals surface area contributed by atoms with Gasteiger partial charge in [-0.1, -0.05) is 25.3 Å². The number of benzene rings is 1. The van der Waals surface area contributed by atoms with Gasteiger partial charge in [0.15, 0.2) is 0 Å². The van der Waals surface area contributed by atoms with Crippen molar-refractivity contribution in [3.63, 3.8) is 0 Å². The van der Waals surface area contributed by atoms with Crippen LogP contribution in [0, 0.1) is 13.8 Å². The maximum atomic E-state index is 12.6. The van der Waals surface area contributed by atoms with Gasteiger partial charge >= 0.3 is 6.03 Å². The number of amides is 3. The minimum atomic E-state index is -0.422. The van der Waals surface area contributed by atoms with E-state index in [0.29, 0.717) is 13.0 Å². The summed E-state index contributed by atoms with van der Waals surface area (Å²) in [7, 11) is 0. The highest BCUT2D eigenvalue weighted by Gasteiger charge is 2.34. The third-order valence-corrected chi connectivity index (χ3v) is 4.97. The average Bonchev–Trinajstić information content (AvgIpc) is 2.88. The largest absolute Gasteiger partial charge is 0.335 e. The molecule has 1 aromatic rings. The summed E-state index contributed by atoms with van der Waals surface area (Å²) < 4.78 is 0. The molecule has 0 radical (unpaired) electrons. The fourth-order valence-corrected chi connectivity index (χ4v) is 3.81. The van der Waals surface area contributed by atoms with E-state index in [0.717, 1.165) is 29.7 Å². The molecule has 5 heteroatoms. The minimum Gasteiger partial charge on any atom is -0.335 e. The number of hydrogen-bond donors (Lipinski definition) is 2. The van der Waals surface area contributed by atoms with Gasteiger partial charge in [0.1, 0.15) is 6.04 Å². The van der Waals surface area contributed by atoms with Gasteiger partial charge in [-0.2, -0.15) is 0 Å². The topological polar surface area (TPSA) is 61.4 Å². The van der Waals surface area contributed by atoms with Crippen molar-refractivity contribution >= 4 is 17.6 Å². The van der Waals surface area contributed by atoms with Crippen LogP contribution in [0.4, 0.5) is 10.5 Å². The quantitative estimate of drug-likeness (QED) is 0.895. The van der Waals surface area contributed by atoms with E-state index in [1.807, 2.05) is 26.0 Å². The van der Waals surface area contributed by atoms with E-state index in [2.05, 4.69) is 16.7 Å². The van der Waals surface area contributed by atoms with Crippen molar-refractivity contribution in [2.24, 2.45) is 0 Å². The number of nitrogens with one attached hydrogen (secondary N) is 2. The molecule has 2 fully saturated rings. The molecule has 0 aromatic heterocycles. The van der Waals surface area contributed by atoms with Gasteiger partial charge in [-0.05, 0) is 56.4 Å². The molecule has 24 heavy (non-hydrogen) atoms. The predicted octanol–water partition coefficient (Wildman–Crippen LogP) is 3.04. The molecule has 2 N–H and O–H groups in total. The van der Waals surface area contributed by atoms with Gasteiger partial charge in [-0.3, -0.25) is 4.79 Å². The monoisotopic (exact) mass is 329 g/mol. The van der Waals surface area contributed by atoms with Crippen molar-refractivity contribution < 1.29 is 9.59 Å². The average molecular weight is 329 g/mol. The summed E-state index contributed by atoms with van der Waals surface area (Å²) in [4.78, 5) is 26.6. The summed E-state index contributed by atoms with van der Waals surface area (Å²) in [6.07, 6.45) is 6.35. The lowest BCUT2D eigenvalue weighted by molar-refractivity contribution is -0.118. The molecule has 0 spiro atoms. The maximum absolute atomic E-state index is 12.6. The molecule has 1 saturated heterocycles. The van der Waals surface area contributed by atoms with Crippen molar-refractivity contribution in [1.29, 1.82) is 0 Å². The second kappa shape index (κ2) is 7.24. The normalized spacial score (nSPS) is 21.8. The molecule has 0 bridgehead atoms. The summed E-state index contributed by atoms with van der Waals surface area (Å²) in [5.41, 5.74) is 3.21. The van der Waals surface area contributed by atoms with E-state index in [9.17, 15) is 9.59 Å². The third-order valence-electron chi connectivity index (χ3n) is 4.97. The molecule has 1 aliphatic carbocycles. The number of anilines is 1. The number of aryl methyl sites for hydroxylation is 2. The molecule has 2 aliphatic rings. The number of nitrogens with zero attached hydrogens (tertiary/aromatic N) is 1. The van der Waals surface area contributed by atoms with Gasteiger partial charge in [0.25, 0.3) is 0 Å². The highest BCUT2D eigenvalue weighted by atomic mass is 16.2. The van der Waals surface area contributed by atoms with Crippen molar-refractivity contribution in [3.05, 3.63) is 29.3 Å². The van der Waals surface area contributed by atoms with Crippen molar-refractivity contribution in [2.45, 2.75) is 64.5 Å². The molecule has 1 heterocycles. The first-order chi connectivity index (χ1) is 11.5. The Morgan fingerprint density at radius 1 is 1.00 bits per heavy atom. The molecular weight excluding hydrogens is 302 g/mol. The number of rotatable bonds is 3. The summed E-state index contributed by atoms with van der Waals surface area (Å²) in [6.45, 7) is 4.71. The number of hydrogen-bond acceptors (Lipinski definition) is 2. The van der Waals surface area contributed by atoms with E-state index >= 15 is 0 Å². The molecule has 1 aliphatic heterocycles. The lowest BCUT2D eigenvalue weighted by atomic mass is 9.96. The summed E-state index contributed by atoms with van der Waals surface area (Å²) in [5.74, 6) is -0.0150. The lowest BCUT2D eigenvalue weighted by Gasteiger charge is -2.24. The van der Waals surface area contributed by atoms with Crippen LogP contribution >= 0.6 is 0 Å². The Kier molecular flexibility index (Phi) is 5.07. The fourth-order valence-electron chi connectivity index (χ4n) is 3.81. The van der Waals surface area contributed by atoms with Crippen LogP contribution in [0.5, 0.6) is 0 Å². The summed E-state index contributed by atoms with van der Waals surface area (Å²) >= 11 is 0. The Morgan fingerprint density at radius 3 is 2.33 bits per heavy atom. The first-order valence-electron chi connectivity index (χ1n) is 8.99. The van der Waals surface area contributed by atoms with Crippen LogP contribution < -0.4 is 15.5 Å². The van der Waals surface area contributed by atoms with E-state index in [-0.39, 0.29) is 18.0 Å². The zero-order valence-electron chi connectivity index (χ0n) is 14.6. The van der Waals surface area contributed by atoms with Crippen molar-refractivity contribution in [3.8, 4) is 0 Å². The standard InChI is InChI=1S/C19H27N3O2/c1-13-10-14(2)12-16(11-13)22-9-8-17(18(22)23)21-19(24)20-15-6-4-3-5-7-15/h10-12,15,17H,3-9H2,1-2H3,(H2,20,21,24)/t17-/m1/s1. The predicted molar refractivity (Wildman–Crippen MR) is 95.2 cm³/mol. The van der Waals surface area contributed by atoms with Crippen LogP contribution in [0.25, 0.3) is 0 Å². The van der Waals surface area contributed by atoms with Crippen molar-refractivity contribution in [2.75, 3.05) is 11.4 Å². The van der Waals surface area contributed by atoms with E-state index in [1.54, 1.807) is 4.90 Å². The highest BCUT2D eigenvalue weighted by Crippen LogP contribution is 2.24. The zero-order valence-corrected chi connectivity index (χ0v) is 14.6. The SMILES string of the molecule is Cc1cc(C)cc(N2CC[C@@H](NC(=O)NC3CCCCC3)C2=O)c1. The first kappa shape index (κ1) is 16.8. The fraction of sp³-hybridized carbons (Fsp3) is 0.579. The maximum Gasteiger partial charge on any atom is 0.315 e. The van der Waals surface area contributed by atoms with E-state index in [1.165, 1.54) is 19.3 Å². The van der Waals surface area contributed by atoms with Gasteiger partial charge in [0.05, 0.1) is 0 Å². The lowest BCUT2D eigenvalue weighted by Crippen LogP contribution is -2.49. The molecular formula is C19H27N3O2. The number of carbonyl (C=O) groups is 2. The van der Waals surface area contributed by atoms with Crippen LogP contribution in [-0.4, -0.2) is 30.6 Å². The Morgan fingerprint density at radius 2 is 1.67 bits per heavy atom. The summed E-state index contributed by atoms with van der Waals surface area (Å²) in [6, 6.07) is 5.77. The van der Waals surface area contributed by atoms with Gasteiger partial charge < -0.3 is 15.5 Å². The summed E-state index contributed by atoms with van der Waals surface area (Å²) in [5, 5.41) is 5.88.